The Bertz CT molecular complexity index is 1140. The zero-order valence-electron chi connectivity index (χ0n) is 23.1. The molecule has 2 fully saturated rings. The first-order valence-electron chi connectivity index (χ1n) is 12.1. The van der Waals surface area contributed by atoms with E-state index in [-0.39, 0.29) is 35.6 Å². The molecule has 1 aromatic heterocycles. The van der Waals surface area contributed by atoms with Gasteiger partial charge in [0.25, 0.3) is 5.91 Å². The number of carbonyl (C=O) groups excluding carboxylic acids is 4. The van der Waals surface area contributed by atoms with E-state index < -0.39 is 52.5 Å². The number of carbonyl (C=O) groups is 4. The molecule has 2 aliphatic heterocycles. The summed E-state index contributed by atoms with van der Waals surface area (Å²) in [6.07, 6.45) is 0. The lowest BCUT2D eigenvalue weighted by molar-refractivity contribution is -0.175. The van der Waals surface area contributed by atoms with Gasteiger partial charge in [-0.25, -0.2) is 9.78 Å². The number of oxime groups is 1. The van der Waals surface area contributed by atoms with Crippen LogP contribution in [-0.2, 0) is 38.2 Å². The Labute approximate surface area is 235 Å². The van der Waals surface area contributed by atoms with E-state index in [0.717, 1.165) is 11.3 Å². The average Bonchev–Trinajstić information content (AvgIpc) is 3.23. The second kappa shape index (κ2) is 11.7. The third-order valence-electron chi connectivity index (χ3n) is 5.42. The van der Waals surface area contributed by atoms with Gasteiger partial charge in [-0.15, -0.1) is 23.1 Å². The van der Waals surface area contributed by atoms with Crippen molar-refractivity contribution in [1.82, 2.24) is 15.2 Å². The molecule has 2 aliphatic rings. The molecule has 3 heterocycles. The first-order valence-corrected chi connectivity index (χ1v) is 14.1. The van der Waals surface area contributed by atoms with Gasteiger partial charge in [0.2, 0.25) is 12.5 Å². The van der Waals surface area contributed by atoms with Crippen LogP contribution < -0.4 is 11.1 Å². The van der Waals surface area contributed by atoms with E-state index in [1.807, 2.05) is 0 Å². The van der Waals surface area contributed by atoms with Crippen LogP contribution in [0.4, 0.5) is 5.13 Å². The molecule has 2 unspecified atom stereocenters. The van der Waals surface area contributed by atoms with E-state index in [0.29, 0.717) is 5.75 Å². The summed E-state index contributed by atoms with van der Waals surface area (Å²) >= 11 is 2.44. The van der Waals surface area contributed by atoms with Crippen molar-refractivity contribution < 1.29 is 38.2 Å². The fourth-order valence-electron chi connectivity index (χ4n) is 3.89. The lowest BCUT2D eigenvalue weighted by Crippen LogP contribution is -2.74. The predicted octanol–water partition coefficient (Wildman–Crippen LogP) is 1.16. The van der Waals surface area contributed by atoms with Crippen LogP contribution in [0.15, 0.2) is 10.5 Å². The number of nitrogens with two attached hydrogens (primary N) is 1. The molecule has 0 radical (unpaired) electrons. The number of hydrogen-bond acceptors (Lipinski definition) is 13. The van der Waals surface area contributed by atoms with Crippen LogP contribution in [0.2, 0.25) is 0 Å². The maximum Gasteiger partial charge on any atom is 0.347 e. The molecular formula is C24H35N5O8S2. The molecule has 1 aromatic rings. The van der Waals surface area contributed by atoms with E-state index in [2.05, 4.69) is 15.5 Å². The molecule has 0 aliphatic carbocycles. The molecule has 3 N–H and O–H groups in total. The Balaban J connectivity index is 1.70. The molecule has 15 heteroatoms. The van der Waals surface area contributed by atoms with Crippen molar-refractivity contribution in [3.8, 4) is 0 Å². The summed E-state index contributed by atoms with van der Waals surface area (Å²) < 4.78 is 16.1. The smallest absolute Gasteiger partial charge is 0.347 e. The summed E-state index contributed by atoms with van der Waals surface area (Å²) in [6.45, 7) is 10.1. The number of rotatable bonds is 9. The monoisotopic (exact) mass is 585 g/mol. The third kappa shape index (κ3) is 7.60. The highest BCUT2D eigenvalue weighted by molar-refractivity contribution is 8.00. The molecule has 0 bridgehead atoms. The normalized spacial score (nSPS) is 23.4. The summed E-state index contributed by atoms with van der Waals surface area (Å²) in [5, 5.41) is 7.78. The number of esters is 2. The Kier molecular flexibility index (Phi) is 9.17. The van der Waals surface area contributed by atoms with Gasteiger partial charge in [-0.2, -0.15) is 0 Å². The lowest BCUT2D eigenvalue weighted by Gasteiger charge is -2.54. The number of nitrogens with one attached hydrogen (secondary N) is 1. The number of thiazole rings is 1. The van der Waals surface area contributed by atoms with Crippen LogP contribution in [-0.4, -0.2) is 94.6 Å². The molecule has 0 aromatic carbocycles. The molecule has 0 saturated carbocycles. The molecule has 2 amide bonds. The van der Waals surface area contributed by atoms with Crippen LogP contribution in [0.3, 0.4) is 0 Å². The number of amides is 2. The van der Waals surface area contributed by atoms with E-state index in [1.54, 1.807) is 41.5 Å². The van der Waals surface area contributed by atoms with Gasteiger partial charge >= 0.3 is 11.9 Å². The number of methoxy groups -OCH3 is 1. The topological polar surface area (TPSA) is 172 Å². The van der Waals surface area contributed by atoms with E-state index in [4.69, 9.17) is 24.8 Å². The number of hydrogen-bond donors (Lipinski definition) is 2. The average molecular weight is 586 g/mol. The Hall–Kier alpha value is -2.91. The maximum absolute atomic E-state index is 13.2. The minimum Gasteiger partial charge on any atom is -0.459 e. The first-order chi connectivity index (χ1) is 18.0. The van der Waals surface area contributed by atoms with Gasteiger partial charge < -0.3 is 35.0 Å². The van der Waals surface area contributed by atoms with Gasteiger partial charge in [-0.05, 0) is 41.5 Å². The molecule has 3 atom stereocenters. The van der Waals surface area contributed by atoms with Crippen molar-refractivity contribution in [2.24, 2.45) is 10.6 Å². The zero-order valence-corrected chi connectivity index (χ0v) is 24.7. The summed E-state index contributed by atoms with van der Waals surface area (Å²) in [6, 6.07) is -0.867. The number of nitrogens with zero attached hydrogens (tertiary/aromatic N) is 3. The Morgan fingerprint density at radius 1 is 1.21 bits per heavy atom. The summed E-state index contributed by atoms with van der Waals surface area (Å²) in [4.78, 5) is 61.9. The van der Waals surface area contributed by atoms with Gasteiger partial charge in [0.05, 0.1) is 6.61 Å². The number of nitrogen functional groups attached to an aromatic ring is 1. The minimum atomic E-state index is -1.03. The number of ether oxygens (including phenoxy) is 3. The molecule has 3 rings (SSSR count). The van der Waals surface area contributed by atoms with E-state index in [9.17, 15) is 19.2 Å². The van der Waals surface area contributed by atoms with Crippen molar-refractivity contribution in [3.05, 3.63) is 11.1 Å². The Morgan fingerprint density at radius 2 is 1.87 bits per heavy atom. The van der Waals surface area contributed by atoms with Crippen molar-refractivity contribution in [2.75, 3.05) is 38.4 Å². The SMILES string of the molecule is COCC1(C(=O)OC(C)(C)C)CS[C@@H]2C(NC(=O)C(=NOCC(=O)OC(C)(C)C)c3csc(N)n3)C(=O)N2C1. The largest absolute Gasteiger partial charge is 0.459 e. The number of aromatic nitrogens is 1. The Morgan fingerprint density at radius 3 is 2.44 bits per heavy atom. The standard InChI is InChI=1S/C24H35N5O8S2/c1-22(2,3)36-14(30)8-35-28-15(13-9-38-21(25)26-13)17(31)27-16-18(32)29-10-24(11-34-7,12-39-19(16)29)20(33)37-23(4,5)6/h9,16,19H,8,10-12H2,1-7H3,(H2,25,26)(H,27,31)/t16?,19-,24?/m1/s1. The van der Waals surface area contributed by atoms with E-state index in [1.165, 1.54) is 29.2 Å². The van der Waals surface area contributed by atoms with Crippen molar-refractivity contribution in [3.63, 3.8) is 0 Å². The predicted molar refractivity (Wildman–Crippen MR) is 145 cm³/mol. The molecule has 216 valence electrons. The summed E-state index contributed by atoms with van der Waals surface area (Å²) in [5.41, 5.74) is 3.15. The van der Waals surface area contributed by atoms with E-state index >= 15 is 0 Å². The van der Waals surface area contributed by atoms with Gasteiger partial charge in [-0.3, -0.25) is 14.4 Å². The van der Waals surface area contributed by atoms with Gasteiger partial charge in [0.15, 0.2) is 10.8 Å². The highest BCUT2D eigenvalue weighted by Gasteiger charge is 2.58. The maximum atomic E-state index is 13.2. The fraction of sp³-hybridized carbons (Fsp3) is 0.667. The van der Waals surface area contributed by atoms with Crippen molar-refractivity contribution in [1.29, 1.82) is 0 Å². The second-order valence-corrected chi connectivity index (χ2v) is 13.2. The quantitative estimate of drug-likeness (QED) is 0.184. The number of anilines is 1. The fourth-order valence-corrected chi connectivity index (χ4v) is 5.96. The zero-order chi connectivity index (χ0) is 29.2. The highest BCUT2D eigenvalue weighted by Crippen LogP contribution is 2.43. The number of fused-ring (bicyclic) bond motifs is 1. The molecule has 39 heavy (non-hydrogen) atoms. The molecule has 2 saturated heterocycles. The van der Waals surface area contributed by atoms with Gasteiger partial charge in [0, 0.05) is 24.8 Å². The highest BCUT2D eigenvalue weighted by atomic mass is 32.2. The van der Waals surface area contributed by atoms with Crippen molar-refractivity contribution >= 4 is 57.7 Å². The number of thioether (sulfide) groups is 1. The van der Waals surface area contributed by atoms with Crippen molar-refractivity contribution in [2.45, 2.75) is 64.2 Å². The summed E-state index contributed by atoms with van der Waals surface area (Å²) in [5.74, 6) is -1.88. The van der Waals surface area contributed by atoms with Gasteiger partial charge in [0.1, 0.15) is 33.7 Å². The molecular weight excluding hydrogens is 550 g/mol. The third-order valence-corrected chi connectivity index (χ3v) is 7.68. The minimum absolute atomic E-state index is 0.0828. The van der Waals surface area contributed by atoms with Crippen LogP contribution in [0.5, 0.6) is 0 Å². The van der Waals surface area contributed by atoms with Crippen LogP contribution in [0.25, 0.3) is 0 Å². The first kappa shape index (κ1) is 30.6. The van der Waals surface area contributed by atoms with Gasteiger partial charge in [-0.1, -0.05) is 5.16 Å². The lowest BCUT2D eigenvalue weighted by atomic mass is 9.87. The van der Waals surface area contributed by atoms with Crippen LogP contribution >= 0.6 is 23.1 Å². The summed E-state index contributed by atoms with van der Waals surface area (Å²) in [7, 11) is 1.49. The number of β-lactam (4-membered cyclic amide) rings is 1. The molecule has 0 spiro atoms. The second-order valence-electron chi connectivity index (χ2n) is 11.2. The van der Waals surface area contributed by atoms with Crippen LogP contribution in [0, 0.1) is 5.41 Å². The molecule has 13 nitrogen and oxygen atoms in total. The van der Waals surface area contributed by atoms with Crippen LogP contribution in [0.1, 0.15) is 47.2 Å².